The Morgan fingerprint density at radius 1 is 1.37 bits per heavy atom. The summed E-state index contributed by atoms with van der Waals surface area (Å²) in [6.45, 7) is 3.88. The normalized spacial score (nSPS) is 10.6. The minimum atomic E-state index is -0.497. The molecule has 0 bridgehead atoms. The minimum absolute atomic E-state index is 0.0729. The van der Waals surface area contributed by atoms with Gasteiger partial charge in [0.1, 0.15) is 11.6 Å². The van der Waals surface area contributed by atoms with Crippen LogP contribution in [-0.2, 0) is 6.42 Å². The summed E-state index contributed by atoms with van der Waals surface area (Å²) in [6, 6.07) is 4.47. The van der Waals surface area contributed by atoms with E-state index in [1.54, 1.807) is 6.07 Å². The maximum absolute atomic E-state index is 13.5. The molecule has 1 aromatic heterocycles. The van der Waals surface area contributed by atoms with Crippen molar-refractivity contribution in [2.45, 2.75) is 20.3 Å². The van der Waals surface area contributed by atoms with Crippen molar-refractivity contribution in [3.8, 4) is 11.4 Å². The summed E-state index contributed by atoms with van der Waals surface area (Å²) in [6.07, 6.45) is 0.742. The van der Waals surface area contributed by atoms with Gasteiger partial charge in [0, 0.05) is 16.8 Å². The number of aromatic nitrogens is 2. The van der Waals surface area contributed by atoms with Crippen molar-refractivity contribution in [1.82, 2.24) is 9.97 Å². The number of nitrogen functional groups attached to an aromatic ring is 1. The Morgan fingerprint density at radius 2 is 2.11 bits per heavy atom. The third-order valence-corrected chi connectivity index (χ3v) is 3.20. The van der Waals surface area contributed by atoms with Gasteiger partial charge in [0.15, 0.2) is 5.82 Å². The molecule has 0 radical (unpaired) electrons. The molecule has 19 heavy (non-hydrogen) atoms. The highest BCUT2D eigenvalue weighted by atomic mass is 35.5. The lowest BCUT2D eigenvalue weighted by Crippen LogP contribution is -2.13. The third-order valence-electron chi connectivity index (χ3n) is 2.90. The zero-order valence-electron chi connectivity index (χ0n) is 10.7. The van der Waals surface area contributed by atoms with Gasteiger partial charge in [-0.2, -0.15) is 0 Å². The molecule has 0 atom stereocenters. The lowest BCUT2D eigenvalue weighted by atomic mass is 10.1. The number of anilines is 1. The first-order valence-electron chi connectivity index (χ1n) is 5.86. The van der Waals surface area contributed by atoms with Crippen LogP contribution in [0.3, 0.4) is 0 Å². The van der Waals surface area contributed by atoms with Crippen molar-refractivity contribution in [1.29, 1.82) is 0 Å². The van der Waals surface area contributed by atoms with E-state index >= 15 is 0 Å². The van der Waals surface area contributed by atoms with Gasteiger partial charge in [0.05, 0.1) is 5.02 Å². The molecule has 100 valence electrons. The Hall–Kier alpha value is -1.72. The quantitative estimate of drug-likeness (QED) is 0.670. The molecule has 0 aliphatic rings. The zero-order chi connectivity index (χ0) is 14.0. The van der Waals surface area contributed by atoms with Gasteiger partial charge < -0.3 is 5.43 Å². The fourth-order valence-electron chi connectivity index (χ4n) is 1.81. The molecule has 0 spiro atoms. The van der Waals surface area contributed by atoms with Crippen molar-refractivity contribution in [3.63, 3.8) is 0 Å². The first kappa shape index (κ1) is 13.7. The average Bonchev–Trinajstić information content (AvgIpc) is 2.42. The summed E-state index contributed by atoms with van der Waals surface area (Å²) in [7, 11) is 0. The van der Waals surface area contributed by atoms with Crippen LogP contribution >= 0.6 is 11.6 Å². The molecule has 0 amide bonds. The van der Waals surface area contributed by atoms with Crippen molar-refractivity contribution in [3.05, 3.63) is 40.3 Å². The molecule has 0 saturated heterocycles. The summed E-state index contributed by atoms with van der Waals surface area (Å²) >= 11 is 5.66. The van der Waals surface area contributed by atoms with Gasteiger partial charge in [-0.1, -0.05) is 18.5 Å². The molecule has 0 fully saturated rings. The maximum Gasteiger partial charge on any atom is 0.161 e. The second kappa shape index (κ2) is 5.50. The number of rotatable bonds is 3. The fourth-order valence-corrected chi connectivity index (χ4v) is 1.93. The van der Waals surface area contributed by atoms with Gasteiger partial charge in [-0.25, -0.2) is 20.2 Å². The Bertz CT molecular complexity index is 591. The second-order valence-corrected chi connectivity index (χ2v) is 4.50. The highest BCUT2D eigenvalue weighted by Gasteiger charge is 2.11. The van der Waals surface area contributed by atoms with Crippen molar-refractivity contribution in [2.24, 2.45) is 5.84 Å². The Morgan fingerprint density at radius 3 is 2.68 bits per heavy atom. The molecule has 0 saturated carbocycles. The number of hydrazine groups is 1. The van der Waals surface area contributed by atoms with Gasteiger partial charge in [-0.3, -0.25) is 0 Å². The van der Waals surface area contributed by atoms with Crippen LogP contribution in [0.15, 0.2) is 18.2 Å². The monoisotopic (exact) mass is 280 g/mol. The van der Waals surface area contributed by atoms with Crippen LogP contribution in [0.1, 0.15) is 18.2 Å². The largest absolute Gasteiger partial charge is 0.308 e. The average molecular weight is 281 g/mol. The van der Waals surface area contributed by atoms with E-state index < -0.39 is 5.82 Å². The van der Waals surface area contributed by atoms with Crippen LogP contribution in [0.25, 0.3) is 11.4 Å². The van der Waals surface area contributed by atoms with E-state index in [1.807, 2.05) is 13.8 Å². The number of nitrogens with zero attached hydrogens (tertiary/aromatic N) is 2. The molecule has 0 aliphatic heterocycles. The highest BCUT2D eigenvalue weighted by Crippen LogP contribution is 2.25. The van der Waals surface area contributed by atoms with E-state index in [0.717, 1.165) is 17.7 Å². The topological polar surface area (TPSA) is 63.8 Å². The predicted octanol–water partition coefficient (Wildman–Crippen LogP) is 3.09. The van der Waals surface area contributed by atoms with E-state index in [4.69, 9.17) is 17.4 Å². The second-order valence-electron chi connectivity index (χ2n) is 4.09. The van der Waals surface area contributed by atoms with Gasteiger partial charge >= 0.3 is 0 Å². The first-order valence-corrected chi connectivity index (χ1v) is 6.24. The molecule has 4 nitrogen and oxygen atoms in total. The summed E-state index contributed by atoms with van der Waals surface area (Å²) in [5, 5.41) is 0.0729. The highest BCUT2D eigenvalue weighted by molar-refractivity contribution is 6.30. The van der Waals surface area contributed by atoms with Gasteiger partial charge in [-0.05, 0) is 31.5 Å². The lowest BCUT2D eigenvalue weighted by molar-refractivity contribution is 0.628. The smallest absolute Gasteiger partial charge is 0.161 e. The van der Waals surface area contributed by atoms with Crippen molar-refractivity contribution < 1.29 is 4.39 Å². The van der Waals surface area contributed by atoms with Crippen LogP contribution in [0.2, 0.25) is 5.02 Å². The molecule has 1 heterocycles. The Labute approximate surface area is 115 Å². The van der Waals surface area contributed by atoms with Crippen LogP contribution in [0.5, 0.6) is 0 Å². The number of hydrogen-bond donors (Lipinski definition) is 2. The van der Waals surface area contributed by atoms with Gasteiger partial charge in [0.25, 0.3) is 0 Å². The summed E-state index contributed by atoms with van der Waals surface area (Å²) in [5.41, 5.74) is 4.86. The number of benzene rings is 1. The SMILES string of the molecule is CCc1nc(-c2ccc(Cl)c(F)c2)nc(NN)c1C. The van der Waals surface area contributed by atoms with Gasteiger partial charge in [-0.15, -0.1) is 0 Å². The maximum atomic E-state index is 13.5. The fraction of sp³-hybridized carbons (Fsp3) is 0.231. The zero-order valence-corrected chi connectivity index (χ0v) is 11.4. The number of nitrogens with one attached hydrogen (secondary N) is 1. The summed E-state index contributed by atoms with van der Waals surface area (Å²) in [5.74, 6) is 5.90. The molecular weight excluding hydrogens is 267 g/mol. The van der Waals surface area contributed by atoms with E-state index in [2.05, 4.69) is 15.4 Å². The number of hydrogen-bond acceptors (Lipinski definition) is 4. The van der Waals surface area contributed by atoms with Crippen LogP contribution in [0, 0.1) is 12.7 Å². The minimum Gasteiger partial charge on any atom is -0.308 e. The molecule has 3 N–H and O–H groups in total. The van der Waals surface area contributed by atoms with Gasteiger partial charge in [0.2, 0.25) is 0 Å². The first-order chi connectivity index (χ1) is 9.06. The molecule has 6 heteroatoms. The molecule has 1 aromatic carbocycles. The van der Waals surface area contributed by atoms with E-state index in [9.17, 15) is 4.39 Å². The third kappa shape index (κ3) is 2.67. The molecule has 0 aliphatic carbocycles. The van der Waals surface area contributed by atoms with Crippen LogP contribution < -0.4 is 11.3 Å². The van der Waals surface area contributed by atoms with E-state index in [0.29, 0.717) is 17.2 Å². The lowest BCUT2D eigenvalue weighted by Gasteiger charge is -2.11. The van der Waals surface area contributed by atoms with Crippen LogP contribution in [0.4, 0.5) is 10.2 Å². The molecule has 2 aromatic rings. The molecule has 2 rings (SSSR count). The summed E-state index contributed by atoms with van der Waals surface area (Å²) < 4.78 is 13.5. The number of aryl methyl sites for hydroxylation is 1. The molecule has 0 unspecified atom stereocenters. The van der Waals surface area contributed by atoms with E-state index in [1.165, 1.54) is 12.1 Å². The number of halogens is 2. The van der Waals surface area contributed by atoms with E-state index in [-0.39, 0.29) is 5.02 Å². The van der Waals surface area contributed by atoms with Crippen molar-refractivity contribution in [2.75, 3.05) is 5.43 Å². The predicted molar refractivity (Wildman–Crippen MR) is 74.4 cm³/mol. The number of nitrogens with two attached hydrogens (primary N) is 1. The van der Waals surface area contributed by atoms with Crippen LogP contribution in [-0.4, -0.2) is 9.97 Å². The Kier molecular flexibility index (Phi) is 3.97. The molecular formula is C13H14ClFN4. The van der Waals surface area contributed by atoms with Crippen molar-refractivity contribution >= 4 is 17.4 Å². The standard InChI is InChI=1S/C13H14ClFN4/c1-3-11-7(2)12(19-16)18-13(17-11)8-4-5-9(14)10(15)6-8/h4-6H,3,16H2,1-2H3,(H,17,18,19). The Balaban J connectivity index is 2.58. The summed E-state index contributed by atoms with van der Waals surface area (Å²) in [4.78, 5) is 8.71.